The second kappa shape index (κ2) is 4.66. The van der Waals surface area contributed by atoms with Crippen LogP contribution < -0.4 is 10.6 Å². The molecule has 0 saturated heterocycles. The van der Waals surface area contributed by atoms with Gasteiger partial charge in [-0.2, -0.15) is 0 Å². The molecule has 5 heteroatoms. The van der Waals surface area contributed by atoms with Crippen molar-refractivity contribution in [3.63, 3.8) is 0 Å². The average Bonchev–Trinajstić information content (AvgIpc) is 2.83. The quantitative estimate of drug-likeness (QED) is 0.813. The summed E-state index contributed by atoms with van der Waals surface area (Å²) in [7, 11) is 0. The van der Waals surface area contributed by atoms with Crippen molar-refractivity contribution in [2.45, 2.75) is 19.8 Å². The van der Waals surface area contributed by atoms with E-state index >= 15 is 0 Å². The second-order valence-electron chi connectivity index (χ2n) is 4.70. The third-order valence-electron chi connectivity index (χ3n) is 3.31. The molecule has 0 atom stereocenters. The van der Waals surface area contributed by atoms with Gasteiger partial charge in [0.25, 0.3) is 5.91 Å². The van der Waals surface area contributed by atoms with Gasteiger partial charge in [-0.15, -0.1) is 11.3 Å². The van der Waals surface area contributed by atoms with E-state index < -0.39 is 0 Å². The lowest BCUT2D eigenvalue weighted by Gasteiger charge is -2.29. The summed E-state index contributed by atoms with van der Waals surface area (Å²) in [5, 5.41) is 2.74. The molecule has 0 bridgehead atoms. The monoisotopic (exact) mass is 273 g/mol. The van der Waals surface area contributed by atoms with Crippen LogP contribution in [0.5, 0.6) is 0 Å². The predicted octanol–water partition coefficient (Wildman–Crippen LogP) is 2.63. The number of nitrogens with zero attached hydrogens (tertiary/aromatic N) is 2. The van der Waals surface area contributed by atoms with Crippen molar-refractivity contribution in [1.29, 1.82) is 0 Å². The fraction of sp³-hybridized carbons (Fsp3) is 0.286. The maximum absolute atomic E-state index is 12.5. The van der Waals surface area contributed by atoms with Crippen LogP contribution in [-0.4, -0.2) is 17.4 Å². The summed E-state index contributed by atoms with van der Waals surface area (Å²) in [6, 6.07) is 5.73. The number of hydrogen-bond donors (Lipinski definition) is 1. The van der Waals surface area contributed by atoms with Crippen molar-refractivity contribution in [3.05, 3.63) is 39.8 Å². The van der Waals surface area contributed by atoms with Crippen LogP contribution in [0, 0.1) is 6.92 Å². The summed E-state index contributed by atoms with van der Waals surface area (Å²) < 4.78 is 0. The van der Waals surface area contributed by atoms with Crippen LogP contribution >= 0.6 is 11.3 Å². The molecule has 1 aromatic heterocycles. The first-order valence-electron chi connectivity index (χ1n) is 6.27. The maximum atomic E-state index is 12.5. The third-order valence-corrected chi connectivity index (χ3v) is 4.08. The number of hydrogen-bond acceptors (Lipinski definition) is 4. The largest absolute Gasteiger partial charge is 0.399 e. The Morgan fingerprint density at radius 2 is 2.32 bits per heavy atom. The lowest BCUT2D eigenvalue weighted by molar-refractivity contribution is 0.0981. The highest BCUT2D eigenvalue weighted by molar-refractivity contribution is 7.09. The molecule has 98 valence electrons. The number of rotatable bonds is 1. The van der Waals surface area contributed by atoms with Crippen molar-refractivity contribution in [2.24, 2.45) is 0 Å². The van der Waals surface area contributed by atoms with E-state index in [0.29, 0.717) is 5.69 Å². The Bertz CT molecular complexity index is 635. The highest BCUT2D eigenvalue weighted by Crippen LogP contribution is 2.30. The summed E-state index contributed by atoms with van der Waals surface area (Å²) in [5.41, 5.74) is 9.20. The number of anilines is 2. The molecule has 2 heterocycles. The zero-order chi connectivity index (χ0) is 13.4. The molecule has 19 heavy (non-hydrogen) atoms. The molecular formula is C14H15N3OS. The SMILES string of the molecule is Cc1nc(C(=O)N2CCCc3cc(N)ccc32)cs1. The second-order valence-corrected chi connectivity index (χ2v) is 5.76. The van der Waals surface area contributed by atoms with Crippen LogP contribution in [0.15, 0.2) is 23.6 Å². The van der Waals surface area contributed by atoms with Gasteiger partial charge in [-0.25, -0.2) is 4.98 Å². The van der Waals surface area contributed by atoms with Crippen LogP contribution in [0.25, 0.3) is 0 Å². The molecule has 0 aliphatic carbocycles. The zero-order valence-electron chi connectivity index (χ0n) is 10.7. The molecule has 2 aromatic rings. The Morgan fingerprint density at radius 1 is 1.47 bits per heavy atom. The third kappa shape index (κ3) is 2.21. The van der Waals surface area contributed by atoms with Crippen molar-refractivity contribution in [1.82, 2.24) is 4.98 Å². The summed E-state index contributed by atoms with van der Waals surface area (Å²) in [6.07, 6.45) is 1.94. The smallest absolute Gasteiger partial charge is 0.277 e. The van der Waals surface area contributed by atoms with Gasteiger partial charge in [-0.1, -0.05) is 0 Å². The number of benzene rings is 1. The number of carbonyl (C=O) groups is 1. The molecule has 0 fully saturated rings. The number of amides is 1. The van der Waals surface area contributed by atoms with E-state index in [-0.39, 0.29) is 5.91 Å². The molecule has 1 aliphatic heterocycles. The van der Waals surface area contributed by atoms with Gasteiger partial charge in [0.2, 0.25) is 0 Å². The molecule has 1 amide bonds. The number of nitrogen functional groups attached to an aromatic ring is 1. The number of aromatic nitrogens is 1. The molecule has 2 N–H and O–H groups in total. The highest BCUT2D eigenvalue weighted by Gasteiger charge is 2.24. The molecule has 4 nitrogen and oxygen atoms in total. The Labute approximate surface area is 115 Å². The normalized spacial score (nSPS) is 14.3. The first-order valence-corrected chi connectivity index (χ1v) is 7.15. The van der Waals surface area contributed by atoms with Crippen LogP contribution in [0.2, 0.25) is 0 Å². The van der Waals surface area contributed by atoms with Crippen LogP contribution in [0.4, 0.5) is 11.4 Å². The van der Waals surface area contributed by atoms with E-state index in [1.165, 1.54) is 11.3 Å². The minimum absolute atomic E-state index is 0.0185. The van der Waals surface area contributed by atoms with Crippen LogP contribution in [-0.2, 0) is 6.42 Å². The average molecular weight is 273 g/mol. The van der Waals surface area contributed by atoms with E-state index in [1.807, 2.05) is 35.4 Å². The first-order chi connectivity index (χ1) is 9.15. The molecule has 1 aromatic carbocycles. The Hall–Kier alpha value is -1.88. The van der Waals surface area contributed by atoms with Gasteiger partial charge in [0.15, 0.2) is 0 Å². The van der Waals surface area contributed by atoms with Gasteiger partial charge < -0.3 is 10.6 Å². The van der Waals surface area contributed by atoms with Gasteiger partial charge in [-0.05, 0) is 43.5 Å². The minimum Gasteiger partial charge on any atom is -0.399 e. The molecular weight excluding hydrogens is 258 g/mol. The lowest BCUT2D eigenvalue weighted by Crippen LogP contribution is -2.35. The van der Waals surface area contributed by atoms with E-state index in [1.54, 1.807) is 0 Å². The van der Waals surface area contributed by atoms with Crippen molar-refractivity contribution < 1.29 is 4.79 Å². The topological polar surface area (TPSA) is 59.2 Å². The summed E-state index contributed by atoms with van der Waals surface area (Å²) in [5.74, 6) is -0.0185. The van der Waals surface area contributed by atoms with E-state index in [2.05, 4.69) is 4.98 Å². The van der Waals surface area contributed by atoms with Crippen LogP contribution in [0.3, 0.4) is 0 Å². The van der Waals surface area contributed by atoms with Gasteiger partial charge in [0, 0.05) is 23.3 Å². The fourth-order valence-electron chi connectivity index (χ4n) is 2.43. The fourth-order valence-corrected chi connectivity index (χ4v) is 3.01. The zero-order valence-corrected chi connectivity index (χ0v) is 11.5. The van der Waals surface area contributed by atoms with Crippen LogP contribution in [0.1, 0.15) is 27.5 Å². The molecule has 0 radical (unpaired) electrons. The number of fused-ring (bicyclic) bond motifs is 1. The van der Waals surface area contributed by atoms with E-state index in [9.17, 15) is 4.79 Å². The minimum atomic E-state index is -0.0185. The predicted molar refractivity (Wildman–Crippen MR) is 77.7 cm³/mol. The van der Waals surface area contributed by atoms with Crippen molar-refractivity contribution in [2.75, 3.05) is 17.2 Å². The summed E-state index contributed by atoms with van der Waals surface area (Å²) >= 11 is 1.50. The molecule has 1 aliphatic rings. The number of thiazole rings is 1. The Kier molecular flexibility index (Phi) is 2.98. The summed E-state index contributed by atoms with van der Waals surface area (Å²) in [6.45, 7) is 2.65. The number of carbonyl (C=O) groups excluding carboxylic acids is 1. The van der Waals surface area contributed by atoms with E-state index in [4.69, 9.17) is 5.73 Å². The standard InChI is InChI=1S/C14H15N3OS/c1-9-16-12(8-19-9)14(18)17-6-2-3-10-7-11(15)4-5-13(10)17/h4-5,7-8H,2-3,6,15H2,1H3. The molecule has 0 saturated carbocycles. The molecule has 0 unspecified atom stereocenters. The number of aryl methyl sites for hydroxylation is 2. The Morgan fingerprint density at radius 3 is 3.05 bits per heavy atom. The first kappa shape index (κ1) is 12.2. The van der Waals surface area contributed by atoms with Gasteiger partial charge in [0.05, 0.1) is 5.01 Å². The maximum Gasteiger partial charge on any atom is 0.277 e. The highest BCUT2D eigenvalue weighted by atomic mass is 32.1. The summed E-state index contributed by atoms with van der Waals surface area (Å²) in [4.78, 5) is 18.6. The number of nitrogens with two attached hydrogens (primary N) is 1. The van der Waals surface area contributed by atoms with Gasteiger partial charge in [0.1, 0.15) is 5.69 Å². The lowest BCUT2D eigenvalue weighted by atomic mass is 10.0. The van der Waals surface area contributed by atoms with Gasteiger partial charge >= 0.3 is 0 Å². The van der Waals surface area contributed by atoms with Crippen molar-refractivity contribution in [3.8, 4) is 0 Å². The van der Waals surface area contributed by atoms with Gasteiger partial charge in [-0.3, -0.25) is 4.79 Å². The van der Waals surface area contributed by atoms with Crippen molar-refractivity contribution >= 4 is 28.6 Å². The molecule has 0 spiro atoms. The molecule has 3 rings (SSSR count). The Balaban J connectivity index is 1.97. The van der Waals surface area contributed by atoms with E-state index in [0.717, 1.165) is 41.3 Å².